The minimum absolute atomic E-state index is 0.0596. The highest BCUT2D eigenvalue weighted by Crippen LogP contribution is 2.38. The maximum atomic E-state index is 14.4. The minimum atomic E-state index is -1.23. The first-order chi connectivity index (χ1) is 11.9. The van der Waals surface area contributed by atoms with Crippen LogP contribution in [0.1, 0.15) is 6.92 Å². The first-order valence-corrected chi connectivity index (χ1v) is 8.56. The summed E-state index contributed by atoms with van der Waals surface area (Å²) in [4.78, 5) is 4.30. The molecule has 130 valence electrons. The molecule has 2 heterocycles. The van der Waals surface area contributed by atoms with Crippen LogP contribution >= 0.6 is 27.5 Å². The van der Waals surface area contributed by atoms with Crippen molar-refractivity contribution in [3.8, 4) is 22.5 Å². The second-order valence-corrected chi connectivity index (χ2v) is 6.83. The van der Waals surface area contributed by atoms with Gasteiger partial charge in [-0.2, -0.15) is 8.78 Å². The molecule has 0 bridgehead atoms. The molecule has 1 atom stereocenters. The lowest BCUT2D eigenvalue weighted by Gasteiger charge is -2.14. The lowest BCUT2D eigenvalue weighted by Crippen LogP contribution is -2.14. The van der Waals surface area contributed by atoms with Crippen LogP contribution in [0.2, 0.25) is 5.02 Å². The van der Waals surface area contributed by atoms with Gasteiger partial charge in [0.05, 0.1) is 23.4 Å². The fraction of sp³-hybridized carbons (Fsp3) is 0.176. The molecule has 1 unspecified atom stereocenters. The number of pyridine rings is 1. The molecular weight excluding hydrogens is 416 g/mol. The van der Waals surface area contributed by atoms with Crippen molar-refractivity contribution in [3.63, 3.8) is 0 Å². The van der Waals surface area contributed by atoms with Gasteiger partial charge in [0.1, 0.15) is 5.69 Å². The van der Waals surface area contributed by atoms with Crippen molar-refractivity contribution >= 4 is 27.5 Å². The molecule has 8 heteroatoms. The van der Waals surface area contributed by atoms with Gasteiger partial charge in [-0.15, -0.1) is 5.10 Å². The second-order valence-electron chi connectivity index (χ2n) is 5.51. The van der Waals surface area contributed by atoms with Crippen molar-refractivity contribution in [2.24, 2.45) is 0 Å². The van der Waals surface area contributed by atoms with Gasteiger partial charge in [0.25, 0.3) is 5.95 Å². The van der Waals surface area contributed by atoms with Crippen LogP contribution in [0.25, 0.3) is 22.5 Å². The van der Waals surface area contributed by atoms with E-state index in [0.29, 0.717) is 21.8 Å². The largest absolute Gasteiger partial charge is 0.391 e. The van der Waals surface area contributed by atoms with Gasteiger partial charge in [-0.05, 0) is 41.1 Å². The quantitative estimate of drug-likeness (QED) is 0.656. The molecule has 0 amide bonds. The Morgan fingerprint density at radius 1 is 1.28 bits per heavy atom. The topological polar surface area (TPSA) is 50.9 Å². The number of aliphatic hydroxyl groups is 1. The van der Waals surface area contributed by atoms with E-state index in [1.54, 1.807) is 36.5 Å². The van der Waals surface area contributed by atoms with Gasteiger partial charge in [-0.25, -0.2) is 0 Å². The van der Waals surface area contributed by atoms with Crippen molar-refractivity contribution in [3.05, 3.63) is 57.8 Å². The lowest BCUT2D eigenvalue weighted by atomic mass is 10.0. The maximum Gasteiger partial charge on any atom is 0.268 e. The summed E-state index contributed by atoms with van der Waals surface area (Å²) in [5.41, 5.74) is 1.23. The molecule has 2 aromatic heterocycles. The molecular formula is C17H13BrClF2N3O. The fourth-order valence-electron chi connectivity index (χ4n) is 2.56. The first-order valence-electron chi connectivity index (χ1n) is 7.39. The van der Waals surface area contributed by atoms with Crippen LogP contribution < -0.4 is 0 Å². The highest BCUT2D eigenvalue weighted by atomic mass is 79.9. The highest BCUT2D eigenvalue weighted by molar-refractivity contribution is 9.10. The van der Waals surface area contributed by atoms with Gasteiger partial charge in [0.2, 0.25) is 5.82 Å². The zero-order valence-electron chi connectivity index (χ0n) is 13.0. The minimum Gasteiger partial charge on any atom is -0.391 e. The fourth-order valence-corrected chi connectivity index (χ4v) is 3.06. The van der Waals surface area contributed by atoms with Gasteiger partial charge in [-0.3, -0.25) is 9.67 Å². The molecule has 0 saturated heterocycles. The Morgan fingerprint density at radius 2 is 2.04 bits per heavy atom. The summed E-state index contributed by atoms with van der Waals surface area (Å²) in [6, 6.07) is 8.39. The van der Waals surface area contributed by atoms with Crippen LogP contribution in [0.3, 0.4) is 0 Å². The number of nitrogens with zero attached hydrogens (tertiary/aromatic N) is 3. The molecule has 1 aromatic carbocycles. The average molecular weight is 429 g/mol. The number of halogens is 4. The summed E-state index contributed by atoms with van der Waals surface area (Å²) in [5, 5.41) is 13.5. The van der Waals surface area contributed by atoms with E-state index >= 15 is 0 Å². The van der Waals surface area contributed by atoms with E-state index < -0.39 is 17.9 Å². The SMILES string of the molecule is CC(O)Cn1nc(F)c(F)c1-c1cccc(Cl)c1-c1ccc(Br)cn1. The van der Waals surface area contributed by atoms with E-state index in [0.717, 1.165) is 9.15 Å². The number of hydrogen-bond acceptors (Lipinski definition) is 3. The van der Waals surface area contributed by atoms with Gasteiger partial charge in [0.15, 0.2) is 0 Å². The monoisotopic (exact) mass is 427 g/mol. The van der Waals surface area contributed by atoms with Gasteiger partial charge >= 0.3 is 0 Å². The van der Waals surface area contributed by atoms with Crippen molar-refractivity contribution in [2.75, 3.05) is 0 Å². The van der Waals surface area contributed by atoms with E-state index in [2.05, 4.69) is 26.0 Å². The van der Waals surface area contributed by atoms with Gasteiger partial charge < -0.3 is 5.11 Å². The van der Waals surface area contributed by atoms with Gasteiger partial charge in [0, 0.05) is 21.8 Å². The Hall–Kier alpha value is -1.83. The smallest absolute Gasteiger partial charge is 0.268 e. The van der Waals surface area contributed by atoms with E-state index in [-0.39, 0.29) is 12.2 Å². The van der Waals surface area contributed by atoms with Crippen LogP contribution in [-0.4, -0.2) is 26.0 Å². The standard InChI is InChI=1S/C17H13BrClF2N3O/c1-9(25)8-24-16(15(20)17(21)23-24)11-3-2-4-12(19)14(11)13-6-5-10(18)7-22-13/h2-7,9,25H,8H2,1H3. The van der Waals surface area contributed by atoms with Crippen molar-refractivity contribution in [2.45, 2.75) is 19.6 Å². The van der Waals surface area contributed by atoms with Crippen LogP contribution in [0, 0.1) is 11.8 Å². The molecule has 1 N–H and O–H groups in total. The Kier molecular flexibility index (Phi) is 5.17. The van der Waals surface area contributed by atoms with Crippen LogP contribution in [0.4, 0.5) is 8.78 Å². The number of rotatable bonds is 4. The average Bonchev–Trinajstić information content (AvgIpc) is 2.82. The predicted octanol–water partition coefficient (Wildman–Crippen LogP) is 4.69. The molecule has 0 aliphatic carbocycles. The summed E-state index contributed by atoms with van der Waals surface area (Å²) in [5.74, 6) is -2.33. The summed E-state index contributed by atoms with van der Waals surface area (Å²) >= 11 is 9.63. The molecule has 25 heavy (non-hydrogen) atoms. The summed E-state index contributed by atoms with van der Waals surface area (Å²) < 4.78 is 30.1. The molecule has 0 aliphatic rings. The Morgan fingerprint density at radius 3 is 2.68 bits per heavy atom. The van der Waals surface area contributed by atoms with Crippen LogP contribution in [0.15, 0.2) is 41.0 Å². The van der Waals surface area contributed by atoms with Crippen molar-refractivity contribution in [1.82, 2.24) is 14.8 Å². The highest BCUT2D eigenvalue weighted by Gasteiger charge is 2.24. The molecule has 3 aromatic rings. The summed E-state index contributed by atoms with van der Waals surface area (Å²) in [7, 11) is 0. The second kappa shape index (κ2) is 7.19. The zero-order chi connectivity index (χ0) is 18.1. The van der Waals surface area contributed by atoms with E-state index in [9.17, 15) is 13.9 Å². The lowest BCUT2D eigenvalue weighted by molar-refractivity contribution is 0.168. The maximum absolute atomic E-state index is 14.4. The Labute approximate surface area is 156 Å². The molecule has 4 nitrogen and oxygen atoms in total. The number of aliphatic hydroxyl groups excluding tert-OH is 1. The molecule has 0 fully saturated rings. The predicted molar refractivity (Wildman–Crippen MR) is 95.2 cm³/mol. The molecule has 3 rings (SSSR count). The van der Waals surface area contributed by atoms with E-state index in [1.165, 1.54) is 6.92 Å². The third-order valence-corrected chi connectivity index (χ3v) is 4.33. The third kappa shape index (κ3) is 3.58. The number of benzene rings is 1. The summed E-state index contributed by atoms with van der Waals surface area (Å²) in [6.07, 6.45) is 0.762. The number of hydrogen-bond donors (Lipinski definition) is 1. The molecule has 0 aliphatic heterocycles. The van der Waals surface area contributed by atoms with E-state index in [4.69, 9.17) is 11.6 Å². The van der Waals surface area contributed by atoms with Crippen LogP contribution in [0.5, 0.6) is 0 Å². The Bertz CT molecular complexity index is 913. The third-order valence-electron chi connectivity index (χ3n) is 3.55. The molecule has 0 spiro atoms. The van der Waals surface area contributed by atoms with Crippen molar-refractivity contribution in [1.29, 1.82) is 0 Å². The zero-order valence-corrected chi connectivity index (χ0v) is 15.4. The number of aromatic nitrogens is 3. The summed E-state index contributed by atoms with van der Waals surface area (Å²) in [6.45, 7) is 1.45. The van der Waals surface area contributed by atoms with Crippen LogP contribution in [-0.2, 0) is 6.54 Å². The van der Waals surface area contributed by atoms with Gasteiger partial charge in [-0.1, -0.05) is 23.7 Å². The van der Waals surface area contributed by atoms with Crippen molar-refractivity contribution < 1.29 is 13.9 Å². The normalized spacial score (nSPS) is 12.4. The molecule has 0 radical (unpaired) electrons. The molecule has 0 saturated carbocycles. The first kappa shape index (κ1) is 18.0. The Balaban J connectivity index is 2.26. The van der Waals surface area contributed by atoms with E-state index in [1.807, 2.05) is 0 Å².